The second kappa shape index (κ2) is 5.58. The summed E-state index contributed by atoms with van der Waals surface area (Å²) in [6.45, 7) is 5.11. The Hall–Kier alpha value is -1.71. The molecule has 8 nitrogen and oxygen atoms in total. The molecule has 21 heavy (non-hydrogen) atoms. The zero-order chi connectivity index (χ0) is 15.8. The molecule has 0 bridgehead atoms. The number of hydrogen-bond donors (Lipinski definition) is 3. The van der Waals surface area contributed by atoms with Crippen molar-refractivity contribution in [3.63, 3.8) is 0 Å². The van der Waals surface area contributed by atoms with E-state index in [1.165, 1.54) is 0 Å². The van der Waals surface area contributed by atoms with Gasteiger partial charge in [0.05, 0.1) is 12.3 Å². The van der Waals surface area contributed by atoms with Crippen molar-refractivity contribution in [3.8, 4) is 0 Å². The monoisotopic (exact) mass is 313 g/mol. The van der Waals surface area contributed by atoms with Gasteiger partial charge in [0, 0.05) is 36.1 Å². The Bertz CT molecular complexity index is 760. The molecule has 2 aromatic rings. The molecule has 2 rings (SSSR count). The topological polar surface area (TPSA) is 113 Å². The van der Waals surface area contributed by atoms with Crippen LogP contribution >= 0.6 is 0 Å². The maximum atomic E-state index is 12.3. The van der Waals surface area contributed by atoms with Gasteiger partial charge in [-0.2, -0.15) is 10.2 Å². The molecule has 0 aromatic carbocycles. The number of nitrogens with one attached hydrogen (secondary N) is 2. The summed E-state index contributed by atoms with van der Waals surface area (Å²) in [5, 5.41) is 19.7. The highest BCUT2D eigenvalue weighted by atomic mass is 32.2. The summed E-state index contributed by atoms with van der Waals surface area (Å²) in [5.74, 6) is 0. The summed E-state index contributed by atoms with van der Waals surface area (Å²) in [5.41, 5.74) is 3.32. The van der Waals surface area contributed by atoms with Crippen molar-refractivity contribution >= 4 is 10.0 Å². The fourth-order valence-corrected chi connectivity index (χ4v) is 3.33. The lowest BCUT2D eigenvalue weighted by Gasteiger charge is -2.06. The van der Waals surface area contributed by atoms with E-state index in [4.69, 9.17) is 0 Å². The van der Waals surface area contributed by atoms with Gasteiger partial charge in [-0.15, -0.1) is 0 Å². The third-order valence-corrected chi connectivity index (χ3v) is 4.92. The van der Waals surface area contributed by atoms with Crippen molar-refractivity contribution < 1.29 is 13.5 Å². The smallest absolute Gasteiger partial charge is 0.260 e. The number of H-pyrrole nitrogens is 1. The Labute approximate surface area is 123 Å². The Morgan fingerprint density at radius 2 is 1.95 bits per heavy atom. The van der Waals surface area contributed by atoms with Gasteiger partial charge in [0.15, 0.2) is 5.03 Å². The summed E-state index contributed by atoms with van der Waals surface area (Å²) < 4.78 is 28.8. The minimum atomic E-state index is -3.79. The Morgan fingerprint density at radius 1 is 1.29 bits per heavy atom. The highest BCUT2D eigenvalue weighted by Gasteiger charge is 2.24. The standard InChI is InChI=1S/C12H19N5O3S/c1-7-11(6-18)12(15-14-7)21(19,20)13-5-10-8(2)16-17(4)9(10)3/h13,18H,5-6H2,1-4H3,(H,14,15). The number of aryl methyl sites for hydroxylation is 3. The van der Waals surface area contributed by atoms with Crippen LogP contribution in [0, 0.1) is 20.8 Å². The summed E-state index contributed by atoms with van der Waals surface area (Å²) >= 11 is 0. The molecule has 9 heteroatoms. The molecular weight excluding hydrogens is 294 g/mol. The number of aliphatic hydroxyl groups excluding tert-OH is 1. The van der Waals surface area contributed by atoms with Crippen molar-refractivity contribution in [1.29, 1.82) is 0 Å². The average Bonchev–Trinajstić information content (AvgIpc) is 2.90. The van der Waals surface area contributed by atoms with Gasteiger partial charge in [-0.25, -0.2) is 13.1 Å². The van der Waals surface area contributed by atoms with E-state index in [-0.39, 0.29) is 23.7 Å². The summed E-state index contributed by atoms with van der Waals surface area (Å²) in [6.07, 6.45) is 0. The molecule has 0 fully saturated rings. The van der Waals surface area contributed by atoms with Gasteiger partial charge >= 0.3 is 0 Å². The van der Waals surface area contributed by atoms with Crippen LogP contribution in [0.2, 0.25) is 0 Å². The highest BCUT2D eigenvalue weighted by molar-refractivity contribution is 7.89. The second-order valence-corrected chi connectivity index (χ2v) is 6.57. The van der Waals surface area contributed by atoms with E-state index in [1.807, 2.05) is 13.8 Å². The first-order chi connectivity index (χ1) is 9.77. The lowest BCUT2D eigenvalue weighted by atomic mass is 10.2. The van der Waals surface area contributed by atoms with E-state index in [1.54, 1.807) is 18.7 Å². The van der Waals surface area contributed by atoms with Crippen molar-refractivity contribution in [2.45, 2.75) is 38.9 Å². The summed E-state index contributed by atoms with van der Waals surface area (Å²) in [7, 11) is -1.99. The average molecular weight is 313 g/mol. The zero-order valence-corrected chi connectivity index (χ0v) is 13.2. The van der Waals surface area contributed by atoms with E-state index in [0.717, 1.165) is 17.0 Å². The zero-order valence-electron chi connectivity index (χ0n) is 12.4. The lowest BCUT2D eigenvalue weighted by molar-refractivity contribution is 0.277. The predicted molar refractivity (Wildman–Crippen MR) is 76.0 cm³/mol. The molecule has 0 unspecified atom stereocenters. The molecule has 0 aliphatic rings. The number of rotatable bonds is 5. The van der Waals surface area contributed by atoms with Gasteiger partial charge in [-0.3, -0.25) is 9.78 Å². The minimum absolute atomic E-state index is 0.130. The SMILES string of the molecule is Cc1nn(C)c(C)c1CNS(=O)(=O)c1n[nH]c(C)c1CO. The predicted octanol–water partition coefficient (Wildman–Crippen LogP) is 0.0393. The largest absolute Gasteiger partial charge is 0.392 e. The molecule has 0 atom stereocenters. The molecule has 2 heterocycles. The summed E-state index contributed by atoms with van der Waals surface area (Å²) in [6, 6.07) is 0. The number of sulfonamides is 1. The van der Waals surface area contributed by atoms with Crippen LogP contribution in [0.1, 0.15) is 28.2 Å². The van der Waals surface area contributed by atoms with Gasteiger partial charge < -0.3 is 5.11 Å². The van der Waals surface area contributed by atoms with Crippen molar-refractivity contribution in [2.24, 2.45) is 7.05 Å². The van der Waals surface area contributed by atoms with Gasteiger partial charge in [0.1, 0.15) is 0 Å². The Balaban J connectivity index is 2.26. The third kappa shape index (κ3) is 2.85. The van der Waals surface area contributed by atoms with Crippen LogP contribution in [0.5, 0.6) is 0 Å². The fourth-order valence-electron chi connectivity index (χ4n) is 2.15. The van der Waals surface area contributed by atoms with E-state index in [2.05, 4.69) is 20.0 Å². The van der Waals surface area contributed by atoms with Gasteiger partial charge in [-0.05, 0) is 20.8 Å². The molecule has 0 spiro atoms. The van der Waals surface area contributed by atoms with E-state index in [9.17, 15) is 13.5 Å². The molecule has 0 aliphatic heterocycles. The quantitative estimate of drug-likeness (QED) is 0.721. The molecule has 3 N–H and O–H groups in total. The number of aliphatic hydroxyl groups is 1. The van der Waals surface area contributed by atoms with Gasteiger partial charge in [-0.1, -0.05) is 0 Å². The molecule has 0 amide bonds. The van der Waals surface area contributed by atoms with Gasteiger partial charge in [0.25, 0.3) is 10.0 Å². The molecular formula is C12H19N5O3S. The van der Waals surface area contributed by atoms with Crippen LogP contribution < -0.4 is 4.72 Å². The van der Waals surface area contributed by atoms with Gasteiger partial charge in [0.2, 0.25) is 0 Å². The first-order valence-corrected chi connectivity index (χ1v) is 7.89. The second-order valence-electron chi connectivity index (χ2n) is 4.89. The summed E-state index contributed by atoms with van der Waals surface area (Å²) in [4.78, 5) is 0. The first kappa shape index (κ1) is 15.7. The first-order valence-electron chi connectivity index (χ1n) is 6.41. The minimum Gasteiger partial charge on any atom is -0.392 e. The number of aromatic amines is 1. The van der Waals surface area contributed by atoms with Crippen molar-refractivity contribution in [2.75, 3.05) is 0 Å². The molecule has 116 valence electrons. The van der Waals surface area contributed by atoms with Crippen molar-refractivity contribution in [1.82, 2.24) is 24.7 Å². The van der Waals surface area contributed by atoms with E-state index < -0.39 is 10.0 Å². The van der Waals surface area contributed by atoms with Crippen LogP contribution in [0.4, 0.5) is 0 Å². The van der Waals surface area contributed by atoms with Crippen LogP contribution in [0.15, 0.2) is 5.03 Å². The van der Waals surface area contributed by atoms with Crippen LogP contribution in [0.3, 0.4) is 0 Å². The fraction of sp³-hybridized carbons (Fsp3) is 0.500. The number of nitrogens with zero attached hydrogens (tertiary/aromatic N) is 3. The molecule has 2 aromatic heterocycles. The number of aromatic nitrogens is 4. The molecule has 0 aliphatic carbocycles. The lowest BCUT2D eigenvalue weighted by Crippen LogP contribution is -2.25. The normalized spacial score (nSPS) is 12.0. The van der Waals surface area contributed by atoms with Crippen LogP contribution in [-0.2, 0) is 30.2 Å². The molecule has 0 saturated heterocycles. The van der Waals surface area contributed by atoms with Crippen LogP contribution in [-0.4, -0.2) is 33.5 Å². The highest BCUT2D eigenvalue weighted by Crippen LogP contribution is 2.17. The Morgan fingerprint density at radius 3 is 2.48 bits per heavy atom. The maximum Gasteiger partial charge on any atom is 0.260 e. The number of hydrogen-bond acceptors (Lipinski definition) is 5. The van der Waals surface area contributed by atoms with E-state index >= 15 is 0 Å². The molecule has 0 radical (unpaired) electrons. The van der Waals surface area contributed by atoms with Crippen molar-refractivity contribution in [3.05, 3.63) is 28.2 Å². The van der Waals surface area contributed by atoms with Crippen LogP contribution in [0.25, 0.3) is 0 Å². The van der Waals surface area contributed by atoms with E-state index in [0.29, 0.717) is 5.69 Å². The third-order valence-electron chi connectivity index (χ3n) is 3.55. The maximum absolute atomic E-state index is 12.3. The Kier molecular flexibility index (Phi) is 4.17. The molecule has 0 saturated carbocycles.